The van der Waals surface area contributed by atoms with E-state index in [1.165, 1.54) is 12.2 Å². The molecule has 0 radical (unpaired) electrons. The van der Waals surface area contributed by atoms with Gasteiger partial charge in [-0.3, -0.25) is 14.3 Å². The summed E-state index contributed by atoms with van der Waals surface area (Å²) in [5.74, 6) is -10.9. The Morgan fingerprint density at radius 1 is 0.870 bits per heavy atom. The van der Waals surface area contributed by atoms with E-state index in [-0.39, 0.29) is 0 Å². The number of alkyl halides is 4. The maximum Gasteiger partial charge on any atom is 0.364 e. The third-order valence-corrected chi connectivity index (χ3v) is 4.98. The highest BCUT2D eigenvalue weighted by Gasteiger charge is 2.76. The van der Waals surface area contributed by atoms with Crippen LogP contribution in [0.15, 0.2) is 12.2 Å². The van der Waals surface area contributed by atoms with E-state index >= 15 is 0 Å². The number of esters is 2. The number of hydrogen-bond acceptors (Lipinski definition) is 5. The van der Waals surface area contributed by atoms with Gasteiger partial charge in [-0.15, -0.1) is 0 Å². The second-order valence-electron chi connectivity index (χ2n) is 5.91. The van der Waals surface area contributed by atoms with Gasteiger partial charge in [-0.25, -0.2) is 0 Å². The lowest BCUT2D eigenvalue weighted by atomic mass is 9.53. The molecule has 9 heteroatoms. The molecule has 0 amide bonds. The summed E-state index contributed by atoms with van der Waals surface area (Å²) in [6.07, 6.45) is -5.67. The fourth-order valence-electron chi connectivity index (χ4n) is 4.20. The maximum atomic E-state index is 14.0. The van der Waals surface area contributed by atoms with Gasteiger partial charge in [-0.05, 0) is 0 Å². The molecule has 0 spiro atoms. The number of fused-ring (bicyclic) bond motifs is 1. The molecule has 4 aliphatic rings. The van der Waals surface area contributed by atoms with Crippen LogP contribution in [0.3, 0.4) is 0 Å². The Hall–Kier alpha value is -1.64. The maximum absolute atomic E-state index is 14.0. The van der Waals surface area contributed by atoms with Crippen molar-refractivity contribution < 1.29 is 41.4 Å². The molecule has 128 valence electrons. The molecule has 1 saturated heterocycles. The lowest BCUT2D eigenvalue weighted by Crippen LogP contribution is -2.57. The van der Waals surface area contributed by atoms with Crippen LogP contribution in [-0.2, 0) is 23.8 Å². The van der Waals surface area contributed by atoms with E-state index in [1.807, 2.05) is 0 Å². The number of hydrogen-bond donors (Lipinski definition) is 0. The molecule has 1 aliphatic heterocycles. The van der Waals surface area contributed by atoms with Crippen LogP contribution in [-0.4, -0.2) is 38.4 Å². The Morgan fingerprint density at radius 3 is 1.52 bits per heavy atom. The van der Waals surface area contributed by atoms with E-state index in [0.717, 1.165) is 14.2 Å². The van der Waals surface area contributed by atoms with E-state index in [4.69, 9.17) is 0 Å². The van der Waals surface area contributed by atoms with Gasteiger partial charge in [-0.2, -0.15) is 17.6 Å². The molecular formula is C14H14F4O5. The molecule has 1 saturated carbocycles. The summed E-state index contributed by atoms with van der Waals surface area (Å²) in [6.45, 7) is 0. The topological polar surface area (TPSA) is 61.8 Å². The highest BCUT2D eigenvalue weighted by Crippen LogP contribution is 2.65. The Morgan fingerprint density at radius 2 is 1.22 bits per heavy atom. The predicted octanol–water partition coefficient (Wildman–Crippen LogP) is 1.83. The highest BCUT2D eigenvalue weighted by atomic mass is 19.3. The van der Waals surface area contributed by atoms with Crippen molar-refractivity contribution >= 4 is 11.9 Å². The Balaban J connectivity index is 2.12. The van der Waals surface area contributed by atoms with Crippen LogP contribution in [0.4, 0.5) is 17.6 Å². The van der Waals surface area contributed by atoms with Crippen LogP contribution in [0.5, 0.6) is 0 Å². The molecule has 2 bridgehead atoms. The van der Waals surface area contributed by atoms with Crippen LogP contribution in [0, 0.1) is 35.5 Å². The SMILES string of the molecule is COC(=O)[C@@H]1[C@@H]2C=C[C@H]([C@@H]1C(=O)OC)[C@@H]1[C@H]2C(F)(F)OC1(F)F. The molecule has 2 fully saturated rings. The number of carbonyl (C=O) groups is 2. The van der Waals surface area contributed by atoms with E-state index in [9.17, 15) is 27.2 Å². The van der Waals surface area contributed by atoms with E-state index in [1.54, 1.807) is 0 Å². The molecule has 1 heterocycles. The molecule has 0 N–H and O–H groups in total. The van der Waals surface area contributed by atoms with Crippen molar-refractivity contribution in [3.8, 4) is 0 Å². The van der Waals surface area contributed by atoms with Crippen LogP contribution in [0.2, 0.25) is 0 Å². The minimum absolute atomic E-state index is 0.913. The van der Waals surface area contributed by atoms with Crippen molar-refractivity contribution in [1.82, 2.24) is 0 Å². The first kappa shape index (κ1) is 16.2. The largest absolute Gasteiger partial charge is 0.469 e. The number of rotatable bonds is 2. The Bertz CT molecular complexity index is 528. The Labute approximate surface area is 128 Å². The van der Waals surface area contributed by atoms with Crippen molar-refractivity contribution in [2.75, 3.05) is 14.2 Å². The van der Waals surface area contributed by atoms with E-state index in [0.29, 0.717) is 0 Å². The average molecular weight is 338 g/mol. The van der Waals surface area contributed by atoms with Crippen LogP contribution >= 0.6 is 0 Å². The van der Waals surface area contributed by atoms with Gasteiger partial charge < -0.3 is 9.47 Å². The summed E-state index contributed by atoms with van der Waals surface area (Å²) < 4.78 is 68.8. The van der Waals surface area contributed by atoms with Gasteiger partial charge >= 0.3 is 24.2 Å². The summed E-state index contributed by atoms with van der Waals surface area (Å²) in [5.41, 5.74) is 0. The van der Waals surface area contributed by atoms with Gasteiger partial charge in [0.05, 0.1) is 37.9 Å². The zero-order chi connectivity index (χ0) is 17.2. The number of allylic oxidation sites excluding steroid dienone is 2. The summed E-state index contributed by atoms with van der Waals surface area (Å²) in [6, 6.07) is 0. The molecule has 6 atom stereocenters. The second-order valence-corrected chi connectivity index (χ2v) is 5.91. The minimum Gasteiger partial charge on any atom is -0.469 e. The van der Waals surface area contributed by atoms with Crippen molar-refractivity contribution in [3.63, 3.8) is 0 Å². The average Bonchev–Trinajstić information content (AvgIpc) is 2.71. The number of carbonyl (C=O) groups excluding carboxylic acids is 2. The molecule has 0 aromatic carbocycles. The van der Waals surface area contributed by atoms with Gasteiger partial charge in [-0.1, -0.05) is 12.2 Å². The lowest BCUT2D eigenvalue weighted by molar-refractivity contribution is -0.342. The Kier molecular flexibility index (Phi) is 3.48. The van der Waals surface area contributed by atoms with Gasteiger partial charge in [0.25, 0.3) is 0 Å². The monoisotopic (exact) mass is 338 g/mol. The zero-order valence-corrected chi connectivity index (χ0v) is 12.2. The van der Waals surface area contributed by atoms with Gasteiger partial charge in [0.2, 0.25) is 0 Å². The number of halogens is 4. The highest BCUT2D eigenvalue weighted by molar-refractivity contribution is 5.84. The van der Waals surface area contributed by atoms with Gasteiger partial charge in [0.15, 0.2) is 0 Å². The van der Waals surface area contributed by atoms with Crippen molar-refractivity contribution in [1.29, 1.82) is 0 Å². The summed E-state index contributed by atoms with van der Waals surface area (Å²) in [7, 11) is 2.08. The summed E-state index contributed by atoms with van der Waals surface area (Å²) in [4.78, 5) is 24.0. The lowest BCUT2D eigenvalue weighted by Gasteiger charge is -2.49. The molecule has 0 aromatic rings. The second kappa shape index (κ2) is 4.93. The molecule has 5 nitrogen and oxygen atoms in total. The van der Waals surface area contributed by atoms with Crippen molar-refractivity contribution in [3.05, 3.63) is 12.2 Å². The molecule has 0 unspecified atom stereocenters. The van der Waals surface area contributed by atoms with E-state index in [2.05, 4.69) is 14.2 Å². The molecule has 23 heavy (non-hydrogen) atoms. The van der Waals surface area contributed by atoms with Gasteiger partial charge in [0.1, 0.15) is 0 Å². The quantitative estimate of drug-likeness (QED) is 0.437. The first-order valence-corrected chi connectivity index (χ1v) is 6.95. The van der Waals surface area contributed by atoms with Gasteiger partial charge in [0, 0.05) is 11.8 Å². The van der Waals surface area contributed by atoms with Crippen LogP contribution < -0.4 is 0 Å². The number of ether oxygens (including phenoxy) is 3. The molecule has 3 aliphatic carbocycles. The van der Waals surface area contributed by atoms with Crippen molar-refractivity contribution in [2.45, 2.75) is 12.2 Å². The molecule has 4 rings (SSSR count). The van der Waals surface area contributed by atoms with Crippen LogP contribution in [0.1, 0.15) is 0 Å². The fraction of sp³-hybridized carbons (Fsp3) is 0.714. The standard InChI is InChI=1S/C14H14F4O5/c1-21-11(19)7-5-3-4-6(8(7)12(20)22-2)10-9(5)13(15,16)23-14(10,17)18/h3-10H,1-2H3/t5-,6+,7+,8-,9-,10+. The number of methoxy groups -OCH3 is 2. The van der Waals surface area contributed by atoms with E-state index < -0.39 is 59.7 Å². The minimum atomic E-state index is -4.10. The zero-order valence-electron chi connectivity index (χ0n) is 12.2. The summed E-state index contributed by atoms with van der Waals surface area (Å²) in [5, 5.41) is 0. The first-order valence-electron chi connectivity index (χ1n) is 6.95. The predicted molar refractivity (Wildman–Crippen MR) is 65.1 cm³/mol. The van der Waals surface area contributed by atoms with Crippen LogP contribution in [0.25, 0.3) is 0 Å². The summed E-state index contributed by atoms with van der Waals surface area (Å²) >= 11 is 0. The molecular weight excluding hydrogens is 324 g/mol. The third-order valence-electron chi connectivity index (χ3n) is 4.98. The first-order chi connectivity index (χ1) is 10.7. The molecule has 0 aromatic heterocycles. The third kappa shape index (κ3) is 2.09. The fourth-order valence-corrected chi connectivity index (χ4v) is 4.20. The van der Waals surface area contributed by atoms with Crippen molar-refractivity contribution in [2.24, 2.45) is 35.5 Å². The smallest absolute Gasteiger partial charge is 0.364 e. The normalized spacial score (nSPS) is 42.2.